The first-order valence-electron chi connectivity index (χ1n) is 8.96. The van der Waals surface area contributed by atoms with Gasteiger partial charge in [-0.25, -0.2) is 13.1 Å². The van der Waals surface area contributed by atoms with E-state index in [1.165, 1.54) is 18.2 Å². The number of amides is 1. The highest BCUT2D eigenvalue weighted by Crippen LogP contribution is 2.30. The van der Waals surface area contributed by atoms with E-state index in [0.717, 1.165) is 5.56 Å². The first-order valence-corrected chi connectivity index (χ1v) is 11.6. The molecule has 0 saturated carbocycles. The molecule has 3 aromatic rings. The minimum Gasteiger partial charge on any atom is -0.482 e. The van der Waals surface area contributed by atoms with Gasteiger partial charge in [0.1, 0.15) is 5.75 Å². The molecule has 0 fully saturated rings. The van der Waals surface area contributed by atoms with Crippen LogP contribution in [-0.2, 0) is 21.4 Å². The fourth-order valence-electron chi connectivity index (χ4n) is 2.55. The van der Waals surface area contributed by atoms with Gasteiger partial charge in [-0.2, -0.15) is 0 Å². The molecule has 0 aliphatic heterocycles. The Hall–Kier alpha value is -2.29. The minimum atomic E-state index is -3.77. The summed E-state index contributed by atoms with van der Waals surface area (Å²) in [6, 6.07) is 18.0. The molecule has 0 unspecified atom stereocenters. The summed E-state index contributed by atoms with van der Waals surface area (Å²) in [6.07, 6.45) is 0. The quantitative estimate of drug-likeness (QED) is 0.449. The lowest BCUT2D eigenvalue weighted by molar-refractivity contribution is -0.118. The molecular formula is C21H17Cl3N2O4S. The van der Waals surface area contributed by atoms with Gasteiger partial charge in [0.15, 0.2) is 6.61 Å². The summed E-state index contributed by atoms with van der Waals surface area (Å²) in [7, 11) is -3.77. The van der Waals surface area contributed by atoms with Crippen molar-refractivity contribution in [3.63, 3.8) is 0 Å². The SMILES string of the molecule is O=C(COc1ccc(S(=O)(=O)NCc2ccccc2)cc1Cl)Nc1cccc(Cl)c1Cl. The Bertz CT molecular complexity index is 1190. The van der Waals surface area contributed by atoms with Gasteiger partial charge in [-0.3, -0.25) is 4.79 Å². The zero-order chi connectivity index (χ0) is 22.4. The lowest BCUT2D eigenvalue weighted by Crippen LogP contribution is -2.23. The Balaban J connectivity index is 1.61. The number of sulfonamides is 1. The van der Waals surface area contributed by atoms with Crippen molar-refractivity contribution in [2.24, 2.45) is 0 Å². The van der Waals surface area contributed by atoms with Crippen LogP contribution in [0.2, 0.25) is 15.1 Å². The van der Waals surface area contributed by atoms with Gasteiger partial charge < -0.3 is 10.1 Å². The van der Waals surface area contributed by atoms with Gasteiger partial charge in [0, 0.05) is 6.54 Å². The molecule has 0 saturated heterocycles. The van der Waals surface area contributed by atoms with Crippen molar-refractivity contribution < 1.29 is 17.9 Å². The predicted molar refractivity (Wildman–Crippen MR) is 123 cm³/mol. The molecule has 31 heavy (non-hydrogen) atoms. The summed E-state index contributed by atoms with van der Waals surface area (Å²) in [5.74, 6) is -0.322. The summed E-state index contributed by atoms with van der Waals surface area (Å²) < 4.78 is 32.9. The molecule has 10 heteroatoms. The smallest absolute Gasteiger partial charge is 0.262 e. The highest BCUT2D eigenvalue weighted by molar-refractivity contribution is 7.89. The standard InChI is InChI=1S/C21H17Cl3N2O4S/c22-16-7-4-8-18(21(16)24)26-20(27)13-30-19-10-9-15(11-17(19)23)31(28,29)25-12-14-5-2-1-3-6-14/h1-11,25H,12-13H2,(H,26,27). The van der Waals surface area contributed by atoms with Gasteiger partial charge in [0.2, 0.25) is 10.0 Å². The fourth-order valence-corrected chi connectivity index (χ4v) is 4.24. The third-order valence-corrected chi connectivity index (χ3v) is 6.62. The highest BCUT2D eigenvalue weighted by atomic mass is 35.5. The third kappa shape index (κ3) is 6.35. The van der Waals surface area contributed by atoms with E-state index >= 15 is 0 Å². The largest absolute Gasteiger partial charge is 0.482 e. The summed E-state index contributed by atoms with van der Waals surface area (Å²) in [6.45, 7) is -0.216. The summed E-state index contributed by atoms with van der Waals surface area (Å²) in [5.41, 5.74) is 1.17. The number of carbonyl (C=O) groups excluding carboxylic acids is 1. The first kappa shape index (κ1) is 23.4. The van der Waals surface area contributed by atoms with Gasteiger partial charge in [-0.1, -0.05) is 71.2 Å². The van der Waals surface area contributed by atoms with Gasteiger partial charge >= 0.3 is 0 Å². The van der Waals surface area contributed by atoms with Crippen molar-refractivity contribution in [1.82, 2.24) is 4.72 Å². The minimum absolute atomic E-state index is 0.0176. The van der Waals surface area contributed by atoms with Gasteiger partial charge in [0.05, 0.1) is 25.7 Å². The maximum atomic E-state index is 12.5. The van der Waals surface area contributed by atoms with Gasteiger partial charge in [-0.05, 0) is 35.9 Å². The van der Waals surface area contributed by atoms with Gasteiger partial charge in [0.25, 0.3) is 5.91 Å². The van der Waals surface area contributed by atoms with Crippen molar-refractivity contribution in [1.29, 1.82) is 0 Å². The van der Waals surface area contributed by atoms with Crippen LogP contribution in [0.1, 0.15) is 5.56 Å². The molecule has 0 heterocycles. The lowest BCUT2D eigenvalue weighted by Gasteiger charge is -2.12. The summed E-state index contributed by atoms with van der Waals surface area (Å²) in [4.78, 5) is 12.1. The van der Waals surface area contributed by atoms with Crippen LogP contribution in [0.15, 0.2) is 71.6 Å². The molecule has 3 rings (SSSR count). The number of nitrogens with one attached hydrogen (secondary N) is 2. The van der Waals surface area contributed by atoms with Crippen molar-refractivity contribution in [3.05, 3.63) is 87.4 Å². The van der Waals surface area contributed by atoms with Crippen molar-refractivity contribution >= 4 is 56.4 Å². The molecule has 0 radical (unpaired) electrons. The maximum absolute atomic E-state index is 12.5. The second kappa shape index (κ2) is 10.3. The molecule has 0 aliphatic carbocycles. The summed E-state index contributed by atoms with van der Waals surface area (Å²) >= 11 is 18.1. The molecule has 0 atom stereocenters. The number of rotatable bonds is 8. The Kier molecular flexibility index (Phi) is 7.80. The third-order valence-electron chi connectivity index (χ3n) is 4.11. The molecule has 2 N–H and O–H groups in total. The zero-order valence-electron chi connectivity index (χ0n) is 15.9. The summed E-state index contributed by atoms with van der Waals surface area (Å²) in [5, 5.41) is 3.15. The topological polar surface area (TPSA) is 84.5 Å². The van der Waals surface area contributed by atoms with Crippen LogP contribution in [0.4, 0.5) is 5.69 Å². The normalized spacial score (nSPS) is 11.2. The Morgan fingerprint density at radius 3 is 2.35 bits per heavy atom. The van der Waals surface area contributed by atoms with E-state index in [2.05, 4.69) is 10.0 Å². The molecule has 6 nitrogen and oxygen atoms in total. The van der Waals surface area contributed by atoms with E-state index in [4.69, 9.17) is 39.5 Å². The molecule has 3 aromatic carbocycles. The van der Waals surface area contributed by atoms with E-state index in [-0.39, 0.29) is 33.8 Å². The molecular weight excluding hydrogens is 483 g/mol. The molecule has 0 aliphatic rings. The number of hydrogen-bond donors (Lipinski definition) is 2. The molecule has 162 valence electrons. The highest BCUT2D eigenvalue weighted by Gasteiger charge is 2.17. The Morgan fingerprint density at radius 2 is 1.65 bits per heavy atom. The van der Waals surface area contributed by atoms with E-state index < -0.39 is 15.9 Å². The van der Waals surface area contributed by atoms with E-state index in [1.807, 2.05) is 30.3 Å². The Labute approximate surface area is 195 Å². The lowest BCUT2D eigenvalue weighted by atomic mass is 10.2. The van der Waals surface area contributed by atoms with Crippen LogP contribution in [-0.4, -0.2) is 20.9 Å². The van der Waals surface area contributed by atoms with Crippen molar-refractivity contribution in [2.45, 2.75) is 11.4 Å². The van der Waals surface area contributed by atoms with Crippen LogP contribution < -0.4 is 14.8 Å². The first-order chi connectivity index (χ1) is 14.8. The average Bonchev–Trinajstić information content (AvgIpc) is 2.75. The van der Waals surface area contributed by atoms with E-state index in [1.54, 1.807) is 18.2 Å². The zero-order valence-corrected chi connectivity index (χ0v) is 19.0. The van der Waals surface area contributed by atoms with Crippen LogP contribution in [0.25, 0.3) is 0 Å². The van der Waals surface area contributed by atoms with E-state index in [9.17, 15) is 13.2 Å². The second-order valence-electron chi connectivity index (χ2n) is 6.34. The van der Waals surface area contributed by atoms with Crippen LogP contribution in [0.5, 0.6) is 5.75 Å². The van der Waals surface area contributed by atoms with Crippen molar-refractivity contribution in [2.75, 3.05) is 11.9 Å². The number of anilines is 1. The molecule has 0 bridgehead atoms. The Morgan fingerprint density at radius 1 is 0.903 bits per heavy atom. The second-order valence-corrected chi connectivity index (χ2v) is 9.30. The van der Waals surface area contributed by atoms with E-state index in [0.29, 0.717) is 10.7 Å². The molecule has 1 amide bonds. The van der Waals surface area contributed by atoms with Crippen molar-refractivity contribution in [3.8, 4) is 5.75 Å². The predicted octanol–water partition coefficient (Wildman–Crippen LogP) is 5.14. The number of carbonyl (C=O) groups is 1. The van der Waals surface area contributed by atoms with Crippen LogP contribution >= 0.6 is 34.8 Å². The average molecular weight is 500 g/mol. The number of benzene rings is 3. The van der Waals surface area contributed by atoms with Crippen LogP contribution in [0, 0.1) is 0 Å². The molecule has 0 spiro atoms. The van der Waals surface area contributed by atoms with Crippen LogP contribution in [0.3, 0.4) is 0 Å². The maximum Gasteiger partial charge on any atom is 0.262 e. The fraction of sp³-hybridized carbons (Fsp3) is 0.0952. The monoisotopic (exact) mass is 498 g/mol. The van der Waals surface area contributed by atoms with Gasteiger partial charge in [-0.15, -0.1) is 0 Å². The molecule has 0 aromatic heterocycles. The number of hydrogen-bond acceptors (Lipinski definition) is 4. The number of ether oxygens (including phenoxy) is 1. The number of halogens is 3.